The molecule has 0 aliphatic carbocycles. The molecule has 0 heterocycles. The van der Waals surface area contributed by atoms with E-state index < -0.39 is 0 Å². The van der Waals surface area contributed by atoms with E-state index >= 15 is 0 Å². The number of benzene rings is 3. The SMILES string of the molecule is C=NCCCOc1ccc(-c2ccc(-c3ccc(CNCCCF)cc3)c(F)c2)cc1. The first-order valence-corrected chi connectivity index (χ1v) is 10.5. The summed E-state index contributed by atoms with van der Waals surface area (Å²) in [6.45, 7) is 5.74. The van der Waals surface area contributed by atoms with Crippen molar-refractivity contribution in [2.75, 3.05) is 26.4 Å². The highest BCUT2D eigenvalue weighted by molar-refractivity contribution is 5.71. The van der Waals surface area contributed by atoms with E-state index in [9.17, 15) is 8.78 Å². The van der Waals surface area contributed by atoms with Crippen LogP contribution in [-0.4, -0.2) is 33.1 Å². The van der Waals surface area contributed by atoms with Gasteiger partial charge in [-0.15, -0.1) is 0 Å². The summed E-state index contributed by atoms with van der Waals surface area (Å²) in [5.74, 6) is 0.521. The Morgan fingerprint density at radius 1 is 0.871 bits per heavy atom. The first kappa shape index (κ1) is 22.6. The topological polar surface area (TPSA) is 33.6 Å². The molecule has 162 valence electrons. The average Bonchev–Trinajstić information content (AvgIpc) is 2.80. The third-order valence-corrected chi connectivity index (χ3v) is 4.97. The highest BCUT2D eigenvalue weighted by Gasteiger charge is 2.08. The van der Waals surface area contributed by atoms with Gasteiger partial charge in [0.2, 0.25) is 0 Å². The van der Waals surface area contributed by atoms with Crippen LogP contribution in [0.2, 0.25) is 0 Å². The molecule has 0 aliphatic heterocycles. The number of aliphatic imine (C=N–C) groups is 1. The Bertz CT molecular complexity index is 956. The van der Waals surface area contributed by atoms with E-state index in [0.29, 0.717) is 38.2 Å². The van der Waals surface area contributed by atoms with Gasteiger partial charge in [0, 0.05) is 25.1 Å². The zero-order valence-corrected chi connectivity index (χ0v) is 17.6. The van der Waals surface area contributed by atoms with Gasteiger partial charge in [-0.3, -0.25) is 4.39 Å². The van der Waals surface area contributed by atoms with E-state index in [1.165, 1.54) is 0 Å². The van der Waals surface area contributed by atoms with Crippen molar-refractivity contribution >= 4 is 6.72 Å². The van der Waals surface area contributed by atoms with Crippen LogP contribution in [0, 0.1) is 5.82 Å². The lowest BCUT2D eigenvalue weighted by molar-refractivity contribution is 0.313. The van der Waals surface area contributed by atoms with E-state index in [2.05, 4.69) is 17.0 Å². The Morgan fingerprint density at radius 3 is 2.26 bits per heavy atom. The molecule has 0 aliphatic rings. The summed E-state index contributed by atoms with van der Waals surface area (Å²) in [5.41, 5.74) is 4.23. The minimum absolute atomic E-state index is 0.261. The van der Waals surface area contributed by atoms with Crippen molar-refractivity contribution in [1.82, 2.24) is 5.32 Å². The van der Waals surface area contributed by atoms with Crippen molar-refractivity contribution in [2.45, 2.75) is 19.4 Å². The van der Waals surface area contributed by atoms with Crippen molar-refractivity contribution in [1.29, 1.82) is 0 Å². The second-order valence-corrected chi connectivity index (χ2v) is 7.28. The Morgan fingerprint density at radius 2 is 1.58 bits per heavy atom. The first-order chi connectivity index (χ1) is 15.2. The van der Waals surface area contributed by atoms with Gasteiger partial charge in [0.25, 0.3) is 0 Å². The lowest BCUT2D eigenvalue weighted by atomic mass is 9.99. The van der Waals surface area contributed by atoms with Crippen molar-refractivity contribution in [3.8, 4) is 28.0 Å². The van der Waals surface area contributed by atoms with Crippen molar-refractivity contribution < 1.29 is 13.5 Å². The number of hydrogen-bond donors (Lipinski definition) is 1. The summed E-state index contributed by atoms with van der Waals surface area (Å²) in [4.78, 5) is 3.80. The Hall–Kier alpha value is -3.05. The number of ether oxygens (including phenoxy) is 1. The first-order valence-electron chi connectivity index (χ1n) is 10.5. The van der Waals surface area contributed by atoms with Crippen LogP contribution in [-0.2, 0) is 6.54 Å². The fraction of sp³-hybridized carbons (Fsp3) is 0.269. The lowest BCUT2D eigenvalue weighted by Crippen LogP contribution is -2.14. The van der Waals surface area contributed by atoms with Crippen molar-refractivity contribution in [3.63, 3.8) is 0 Å². The highest BCUT2D eigenvalue weighted by Crippen LogP contribution is 2.29. The van der Waals surface area contributed by atoms with E-state index in [4.69, 9.17) is 4.74 Å². The largest absolute Gasteiger partial charge is 0.494 e. The normalized spacial score (nSPS) is 10.8. The van der Waals surface area contributed by atoms with Crippen molar-refractivity contribution in [3.05, 3.63) is 78.1 Å². The van der Waals surface area contributed by atoms with Crippen LogP contribution in [0.15, 0.2) is 71.7 Å². The molecule has 0 saturated carbocycles. The lowest BCUT2D eigenvalue weighted by Gasteiger charge is -2.10. The molecular formula is C26H28F2N2O. The Labute approximate surface area is 182 Å². The molecule has 3 rings (SSSR count). The fourth-order valence-electron chi connectivity index (χ4n) is 3.27. The van der Waals surface area contributed by atoms with Gasteiger partial charge in [0.05, 0.1) is 13.3 Å². The van der Waals surface area contributed by atoms with Crippen molar-refractivity contribution in [2.24, 2.45) is 4.99 Å². The molecule has 3 aromatic carbocycles. The molecule has 0 spiro atoms. The predicted molar refractivity (Wildman–Crippen MR) is 124 cm³/mol. The van der Waals surface area contributed by atoms with Gasteiger partial charge in [-0.05, 0) is 60.1 Å². The number of nitrogens with zero attached hydrogens (tertiary/aromatic N) is 1. The summed E-state index contributed by atoms with van der Waals surface area (Å²) >= 11 is 0. The molecule has 1 N–H and O–H groups in total. The number of halogens is 2. The van der Waals surface area contributed by atoms with E-state index in [1.54, 1.807) is 6.07 Å². The summed E-state index contributed by atoms with van der Waals surface area (Å²) < 4.78 is 32.6. The maximum absolute atomic E-state index is 14.8. The van der Waals surface area contributed by atoms with Crippen LogP contribution < -0.4 is 10.1 Å². The van der Waals surface area contributed by atoms with Crippen LogP contribution in [0.4, 0.5) is 8.78 Å². The number of nitrogens with one attached hydrogen (secondary N) is 1. The molecule has 0 saturated heterocycles. The third-order valence-electron chi connectivity index (χ3n) is 4.97. The van der Waals surface area contributed by atoms with E-state index in [1.807, 2.05) is 60.7 Å². The Balaban J connectivity index is 1.63. The molecule has 5 heteroatoms. The molecule has 0 aromatic heterocycles. The summed E-state index contributed by atoms with van der Waals surface area (Å²) in [7, 11) is 0. The van der Waals surface area contributed by atoms with Gasteiger partial charge in [-0.25, -0.2) is 4.39 Å². The molecule has 0 amide bonds. The molecular weight excluding hydrogens is 394 g/mol. The zero-order chi connectivity index (χ0) is 21.9. The van der Waals surface area contributed by atoms with Gasteiger partial charge < -0.3 is 15.0 Å². The number of hydrogen-bond acceptors (Lipinski definition) is 3. The standard InChI is InChI=1S/C26H28F2N2O/c1-29-15-3-17-31-24-11-8-21(9-12-24)23-10-13-25(26(28)18-23)22-6-4-20(5-7-22)19-30-16-2-14-27/h4-13,18,30H,1-3,14-17,19H2. The number of alkyl halides is 1. The molecule has 0 fully saturated rings. The van der Waals surface area contributed by atoms with E-state index in [-0.39, 0.29) is 12.5 Å². The molecule has 0 atom stereocenters. The second kappa shape index (κ2) is 12.0. The summed E-state index contributed by atoms with van der Waals surface area (Å²) in [6, 6.07) is 20.7. The van der Waals surface area contributed by atoms with Crippen LogP contribution in [0.25, 0.3) is 22.3 Å². The van der Waals surface area contributed by atoms with Gasteiger partial charge in [0.15, 0.2) is 0 Å². The molecule has 0 unspecified atom stereocenters. The second-order valence-electron chi connectivity index (χ2n) is 7.28. The minimum atomic E-state index is -0.312. The average molecular weight is 423 g/mol. The van der Waals surface area contributed by atoms with Crippen LogP contribution in [0.1, 0.15) is 18.4 Å². The molecule has 0 bridgehead atoms. The van der Waals surface area contributed by atoms with Gasteiger partial charge in [0.1, 0.15) is 11.6 Å². The number of rotatable bonds is 12. The predicted octanol–water partition coefficient (Wildman–Crippen LogP) is 6.08. The molecule has 3 aromatic rings. The molecule has 0 radical (unpaired) electrons. The zero-order valence-electron chi connectivity index (χ0n) is 17.6. The maximum Gasteiger partial charge on any atom is 0.131 e. The van der Waals surface area contributed by atoms with E-state index in [0.717, 1.165) is 34.4 Å². The van der Waals surface area contributed by atoms with Gasteiger partial charge in [-0.1, -0.05) is 48.5 Å². The van der Waals surface area contributed by atoms with Gasteiger partial charge in [-0.2, -0.15) is 0 Å². The van der Waals surface area contributed by atoms with Crippen LogP contribution >= 0.6 is 0 Å². The maximum atomic E-state index is 14.8. The Kier molecular flexibility index (Phi) is 8.73. The van der Waals surface area contributed by atoms with Gasteiger partial charge >= 0.3 is 0 Å². The van der Waals surface area contributed by atoms with Crippen LogP contribution in [0.3, 0.4) is 0 Å². The third kappa shape index (κ3) is 6.72. The monoisotopic (exact) mass is 422 g/mol. The fourth-order valence-corrected chi connectivity index (χ4v) is 3.27. The smallest absolute Gasteiger partial charge is 0.131 e. The minimum Gasteiger partial charge on any atom is -0.494 e. The summed E-state index contributed by atoms with van der Waals surface area (Å²) in [6.07, 6.45) is 1.34. The molecule has 31 heavy (non-hydrogen) atoms. The van der Waals surface area contributed by atoms with Crippen LogP contribution in [0.5, 0.6) is 5.75 Å². The summed E-state index contributed by atoms with van der Waals surface area (Å²) in [5, 5.41) is 3.19. The quantitative estimate of drug-likeness (QED) is 0.284. The molecule has 3 nitrogen and oxygen atoms in total. The highest BCUT2D eigenvalue weighted by atomic mass is 19.1.